The molecule has 2 aromatic carbocycles. The molecule has 1 N–H and O–H groups in total. The number of ether oxygens (including phenoxy) is 3. The van der Waals surface area contributed by atoms with Crippen molar-refractivity contribution in [3.63, 3.8) is 0 Å². The highest BCUT2D eigenvalue weighted by atomic mass is 19.1. The van der Waals surface area contributed by atoms with E-state index in [1.54, 1.807) is 24.3 Å². The van der Waals surface area contributed by atoms with Gasteiger partial charge in [0.05, 0.1) is 23.6 Å². The average Bonchev–Trinajstić information content (AvgIpc) is 2.81. The van der Waals surface area contributed by atoms with Crippen molar-refractivity contribution >= 4 is 0 Å². The molecule has 0 saturated carbocycles. The fraction of sp³-hybridized carbons (Fsp3) is 0.231. The summed E-state index contributed by atoms with van der Waals surface area (Å²) in [5.41, 5.74) is 2.56. The van der Waals surface area contributed by atoms with Gasteiger partial charge in [0.1, 0.15) is 35.8 Å². The van der Waals surface area contributed by atoms with E-state index in [4.69, 9.17) is 19.5 Å². The first-order chi connectivity index (χ1) is 15.9. The van der Waals surface area contributed by atoms with Crippen LogP contribution in [0.5, 0.6) is 11.5 Å². The SMILES string of the molecule is C=C(O)COc1ccc(O[C@@H](COCC)c2cccc(-c3ccc(C#N)c(F)c3)n2)cc1C. The number of hydrogen-bond acceptors (Lipinski definition) is 6. The van der Waals surface area contributed by atoms with Gasteiger partial charge < -0.3 is 19.3 Å². The Morgan fingerprint density at radius 1 is 1.21 bits per heavy atom. The number of aromatic nitrogens is 1. The molecule has 0 fully saturated rings. The van der Waals surface area contributed by atoms with E-state index in [-0.39, 0.29) is 24.5 Å². The highest BCUT2D eigenvalue weighted by Crippen LogP contribution is 2.29. The summed E-state index contributed by atoms with van der Waals surface area (Å²) in [5, 5.41) is 18.2. The number of nitrogens with zero attached hydrogens (tertiary/aromatic N) is 2. The summed E-state index contributed by atoms with van der Waals surface area (Å²) >= 11 is 0. The number of benzene rings is 2. The van der Waals surface area contributed by atoms with Crippen LogP contribution in [0.1, 0.15) is 29.8 Å². The predicted octanol–water partition coefficient (Wildman–Crippen LogP) is 5.67. The van der Waals surface area contributed by atoms with Gasteiger partial charge in [-0.05, 0) is 61.9 Å². The molecule has 0 radical (unpaired) electrons. The molecule has 1 heterocycles. The first kappa shape index (κ1) is 23.8. The van der Waals surface area contributed by atoms with Gasteiger partial charge in [-0.3, -0.25) is 0 Å². The number of aryl methyl sites for hydroxylation is 1. The van der Waals surface area contributed by atoms with Gasteiger partial charge in [0.15, 0.2) is 6.10 Å². The second-order valence-electron chi connectivity index (χ2n) is 7.30. The molecule has 0 saturated heterocycles. The Bertz CT molecular complexity index is 1170. The summed E-state index contributed by atoms with van der Waals surface area (Å²) in [7, 11) is 0. The molecule has 0 unspecified atom stereocenters. The minimum atomic E-state index is -0.591. The fourth-order valence-corrected chi connectivity index (χ4v) is 3.14. The Hall–Kier alpha value is -3.89. The van der Waals surface area contributed by atoms with Crippen LogP contribution < -0.4 is 9.47 Å². The molecule has 0 spiro atoms. The van der Waals surface area contributed by atoms with E-state index in [0.29, 0.717) is 35.1 Å². The van der Waals surface area contributed by atoms with E-state index in [1.807, 2.05) is 38.1 Å². The second kappa shape index (κ2) is 11.1. The number of aliphatic hydroxyl groups is 1. The molecule has 0 aliphatic rings. The topological polar surface area (TPSA) is 84.6 Å². The number of halogens is 1. The predicted molar refractivity (Wildman–Crippen MR) is 123 cm³/mol. The Balaban J connectivity index is 1.85. The van der Waals surface area contributed by atoms with E-state index < -0.39 is 11.9 Å². The van der Waals surface area contributed by atoms with Crippen LogP contribution in [0, 0.1) is 24.1 Å². The summed E-state index contributed by atoms with van der Waals surface area (Å²) in [6.07, 6.45) is -0.503. The van der Waals surface area contributed by atoms with Gasteiger partial charge in [-0.1, -0.05) is 18.7 Å². The summed E-state index contributed by atoms with van der Waals surface area (Å²) < 4.78 is 31.4. The van der Waals surface area contributed by atoms with Crippen molar-refractivity contribution in [2.75, 3.05) is 19.8 Å². The molecule has 33 heavy (non-hydrogen) atoms. The van der Waals surface area contributed by atoms with Crippen molar-refractivity contribution in [2.24, 2.45) is 0 Å². The van der Waals surface area contributed by atoms with Gasteiger partial charge in [0, 0.05) is 12.2 Å². The van der Waals surface area contributed by atoms with Gasteiger partial charge in [0.2, 0.25) is 0 Å². The zero-order chi connectivity index (χ0) is 23.8. The number of rotatable bonds is 10. The molecule has 0 aliphatic carbocycles. The molecule has 0 bridgehead atoms. The summed E-state index contributed by atoms with van der Waals surface area (Å²) in [4.78, 5) is 4.66. The molecular weight excluding hydrogens is 423 g/mol. The monoisotopic (exact) mass is 448 g/mol. The van der Waals surface area contributed by atoms with Crippen molar-refractivity contribution in [3.8, 4) is 28.8 Å². The number of nitriles is 1. The summed E-state index contributed by atoms with van der Waals surface area (Å²) in [6.45, 7) is 7.98. The maximum absolute atomic E-state index is 14.1. The smallest absolute Gasteiger partial charge is 0.164 e. The van der Waals surface area contributed by atoms with Crippen LogP contribution in [0.4, 0.5) is 4.39 Å². The number of aliphatic hydroxyl groups excluding tert-OH is 1. The lowest BCUT2D eigenvalue weighted by Gasteiger charge is -2.20. The quantitative estimate of drug-likeness (QED) is 0.402. The maximum Gasteiger partial charge on any atom is 0.164 e. The molecule has 7 heteroatoms. The first-order valence-corrected chi connectivity index (χ1v) is 10.4. The second-order valence-corrected chi connectivity index (χ2v) is 7.30. The average molecular weight is 448 g/mol. The molecule has 6 nitrogen and oxygen atoms in total. The van der Waals surface area contributed by atoms with Gasteiger partial charge in [-0.2, -0.15) is 5.26 Å². The molecule has 1 aromatic heterocycles. The molecule has 0 aliphatic heterocycles. The maximum atomic E-state index is 14.1. The third-order valence-electron chi connectivity index (χ3n) is 4.78. The molecule has 3 rings (SSSR count). The molecule has 0 amide bonds. The molecular formula is C26H25FN2O4. The van der Waals surface area contributed by atoms with Crippen LogP contribution in [0.2, 0.25) is 0 Å². The van der Waals surface area contributed by atoms with E-state index in [0.717, 1.165) is 5.56 Å². The van der Waals surface area contributed by atoms with Crippen LogP contribution in [0.15, 0.2) is 66.9 Å². The lowest BCUT2D eigenvalue weighted by Crippen LogP contribution is -2.16. The fourth-order valence-electron chi connectivity index (χ4n) is 3.14. The van der Waals surface area contributed by atoms with Crippen LogP contribution in [-0.4, -0.2) is 29.9 Å². The third kappa shape index (κ3) is 6.31. The van der Waals surface area contributed by atoms with E-state index in [1.165, 1.54) is 12.1 Å². The highest BCUT2D eigenvalue weighted by molar-refractivity contribution is 5.60. The Kier molecular flexibility index (Phi) is 8.01. The van der Waals surface area contributed by atoms with Crippen molar-refractivity contribution in [2.45, 2.75) is 20.0 Å². The van der Waals surface area contributed by atoms with Gasteiger partial charge in [-0.15, -0.1) is 0 Å². The lowest BCUT2D eigenvalue weighted by atomic mass is 10.1. The van der Waals surface area contributed by atoms with E-state index >= 15 is 0 Å². The Morgan fingerprint density at radius 2 is 2.03 bits per heavy atom. The van der Waals surface area contributed by atoms with Crippen molar-refractivity contribution in [1.82, 2.24) is 4.98 Å². The Morgan fingerprint density at radius 3 is 2.70 bits per heavy atom. The molecule has 1 atom stereocenters. The van der Waals surface area contributed by atoms with Crippen LogP contribution in [0.3, 0.4) is 0 Å². The van der Waals surface area contributed by atoms with Crippen molar-refractivity contribution < 1.29 is 23.7 Å². The van der Waals surface area contributed by atoms with Crippen LogP contribution >= 0.6 is 0 Å². The Labute approximate surface area is 192 Å². The third-order valence-corrected chi connectivity index (χ3v) is 4.78. The zero-order valence-electron chi connectivity index (χ0n) is 18.5. The first-order valence-electron chi connectivity index (χ1n) is 10.4. The highest BCUT2D eigenvalue weighted by Gasteiger charge is 2.18. The number of hydrogen-bond donors (Lipinski definition) is 1. The minimum absolute atomic E-state index is 0.0145. The lowest BCUT2D eigenvalue weighted by molar-refractivity contribution is 0.0540. The molecule has 3 aromatic rings. The summed E-state index contributed by atoms with van der Waals surface area (Å²) in [5.74, 6) is 0.567. The summed E-state index contributed by atoms with van der Waals surface area (Å²) in [6, 6.07) is 17.0. The van der Waals surface area contributed by atoms with Crippen LogP contribution in [0.25, 0.3) is 11.3 Å². The number of pyridine rings is 1. The standard InChI is InChI=1S/C26H25FN2O4/c1-4-31-16-26(33-21-10-11-25(17(2)12-21)32-15-18(3)30)24-7-5-6-23(29-24)19-8-9-20(14-28)22(27)13-19/h5-13,26,30H,3-4,15-16H2,1-2H3/t26-/m0/s1. The van der Waals surface area contributed by atoms with Gasteiger partial charge >= 0.3 is 0 Å². The van der Waals surface area contributed by atoms with Gasteiger partial charge in [-0.25, -0.2) is 9.37 Å². The minimum Gasteiger partial charge on any atom is -0.509 e. The zero-order valence-corrected chi connectivity index (χ0v) is 18.5. The van der Waals surface area contributed by atoms with Crippen molar-refractivity contribution in [3.05, 3.63) is 89.6 Å². The normalized spacial score (nSPS) is 11.5. The van der Waals surface area contributed by atoms with Gasteiger partial charge in [0.25, 0.3) is 0 Å². The van der Waals surface area contributed by atoms with Crippen LogP contribution in [-0.2, 0) is 4.74 Å². The van der Waals surface area contributed by atoms with E-state index in [2.05, 4.69) is 11.6 Å². The van der Waals surface area contributed by atoms with Crippen molar-refractivity contribution in [1.29, 1.82) is 5.26 Å². The largest absolute Gasteiger partial charge is 0.509 e. The van der Waals surface area contributed by atoms with E-state index in [9.17, 15) is 9.50 Å². The molecule has 170 valence electrons.